The van der Waals surface area contributed by atoms with Crippen LogP contribution < -0.4 is 5.32 Å². The molecule has 0 aliphatic heterocycles. The Kier molecular flexibility index (Phi) is 3.72. The first-order valence-corrected chi connectivity index (χ1v) is 6.04. The van der Waals surface area contributed by atoms with Crippen molar-refractivity contribution in [1.29, 1.82) is 0 Å². The van der Waals surface area contributed by atoms with Gasteiger partial charge in [0.1, 0.15) is 11.4 Å². The summed E-state index contributed by atoms with van der Waals surface area (Å²) in [5.41, 5.74) is 1.61. The molecule has 2 rings (SSSR count). The Labute approximate surface area is 103 Å². The second-order valence-corrected chi connectivity index (χ2v) is 4.16. The normalized spacial score (nSPS) is 9.94. The molecule has 0 aliphatic rings. The maximum Gasteiger partial charge on any atom is 0.341 e. The average Bonchev–Trinajstić information content (AvgIpc) is 2.89. The Balaban J connectivity index is 2.12. The third-order valence-corrected chi connectivity index (χ3v) is 2.99. The van der Waals surface area contributed by atoms with E-state index in [0.717, 1.165) is 5.56 Å². The van der Waals surface area contributed by atoms with E-state index >= 15 is 0 Å². The Bertz CT molecular complexity index is 497. The van der Waals surface area contributed by atoms with Crippen molar-refractivity contribution < 1.29 is 9.53 Å². The first kappa shape index (κ1) is 11.6. The molecule has 0 radical (unpaired) electrons. The van der Waals surface area contributed by atoms with Crippen LogP contribution in [-0.2, 0) is 11.3 Å². The van der Waals surface area contributed by atoms with Crippen LogP contribution in [0.2, 0.25) is 0 Å². The summed E-state index contributed by atoms with van der Waals surface area (Å²) in [4.78, 5) is 15.6. The standard InChI is InChI=1S/C12H12N2O2S/c1-16-12(15)10-3-2-5-13-11(10)14-7-9-4-6-17-8-9/h2-6,8H,7H2,1H3,(H,13,14). The van der Waals surface area contributed by atoms with Gasteiger partial charge in [-0.15, -0.1) is 0 Å². The zero-order valence-electron chi connectivity index (χ0n) is 9.34. The zero-order valence-corrected chi connectivity index (χ0v) is 10.2. The molecule has 0 spiro atoms. The number of carbonyl (C=O) groups is 1. The maximum atomic E-state index is 11.5. The summed E-state index contributed by atoms with van der Waals surface area (Å²) in [6, 6.07) is 5.43. The fourth-order valence-electron chi connectivity index (χ4n) is 1.40. The number of carbonyl (C=O) groups excluding carboxylic acids is 1. The lowest BCUT2D eigenvalue weighted by Gasteiger charge is -2.08. The smallest absolute Gasteiger partial charge is 0.341 e. The molecule has 0 atom stereocenters. The second-order valence-electron chi connectivity index (χ2n) is 3.38. The minimum Gasteiger partial charge on any atom is -0.465 e. The van der Waals surface area contributed by atoms with Crippen molar-refractivity contribution in [3.63, 3.8) is 0 Å². The number of ether oxygens (including phenoxy) is 1. The van der Waals surface area contributed by atoms with Crippen molar-refractivity contribution in [1.82, 2.24) is 4.98 Å². The van der Waals surface area contributed by atoms with E-state index in [1.54, 1.807) is 29.7 Å². The quantitative estimate of drug-likeness (QED) is 0.845. The van der Waals surface area contributed by atoms with Crippen LogP contribution in [0.5, 0.6) is 0 Å². The average molecular weight is 248 g/mol. The van der Waals surface area contributed by atoms with Gasteiger partial charge in [0, 0.05) is 12.7 Å². The van der Waals surface area contributed by atoms with Crippen LogP contribution in [0.25, 0.3) is 0 Å². The van der Waals surface area contributed by atoms with Crippen molar-refractivity contribution in [3.8, 4) is 0 Å². The summed E-state index contributed by atoms with van der Waals surface area (Å²) >= 11 is 1.64. The van der Waals surface area contributed by atoms with Crippen LogP contribution >= 0.6 is 11.3 Å². The molecule has 4 nitrogen and oxygen atoms in total. The number of hydrogen-bond acceptors (Lipinski definition) is 5. The monoisotopic (exact) mass is 248 g/mol. The van der Waals surface area contributed by atoms with Crippen LogP contribution in [-0.4, -0.2) is 18.1 Å². The zero-order chi connectivity index (χ0) is 12.1. The Morgan fingerprint density at radius 3 is 3.12 bits per heavy atom. The van der Waals surface area contributed by atoms with Crippen LogP contribution in [0.1, 0.15) is 15.9 Å². The van der Waals surface area contributed by atoms with Gasteiger partial charge in [-0.1, -0.05) is 0 Å². The minimum atomic E-state index is -0.383. The molecule has 0 fully saturated rings. The molecule has 0 saturated carbocycles. The Hall–Kier alpha value is -1.88. The van der Waals surface area contributed by atoms with Gasteiger partial charge in [0.25, 0.3) is 0 Å². The van der Waals surface area contributed by atoms with Crippen molar-refractivity contribution in [2.45, 2.75) is 6.54 Å². The molecule has 1 N–H and O–H groups in total. The van der Waals surface area contributed by atoms with Gasteiger partial charge in [-0.3, -0.25) is 0 Å². The van der Waals surface area contributed by atoms with E-state index in [2.05, 4.69) is 10.3 Å². The molecule has 88 valence electrons. The SMILES string of the molecule is COC(=O)c1cccnc1NCc1ccsc1. The molecule has 0 bridgehead atoms. The molecule has 0 unspecified atom stereocenters. The maximum absolute atomic E-state index is 11.5. The largest absolute Gasteiger partial charge is 0.465 e. The Morgan fingerprint density at radius 2 is 2.41 bits per heavy atom. The van der Waals surface area contributed by atoms with Crippen molar-refractivity contribution in [2.75, 3.05) is 12.4 Å². The number of nitrogens with zero attached hydrogens (tertiary/aromatic N) is 1. The number of nitrogens with one attached hydrogen (secondary N) is 1. The van der Waals surface area contributed by atoms with Gasteiger partial charge in [-0.05, 0) is 34.5 Å². The molecule has 17 heavy (non-hydrogen) atoms. The lowest BCUT2D eigenvalue weighted by atomic mass is 10.2. The molecule has 0 aromatic carbocycles. The Morgan fingerprint density at radius 1 is 1.53 bits per heavy atom. The second kappa shape index (κ2) is 5.45. The molecule has 0 aliphatic carbocycles. The number of thiophene rings is 1. The van der Waals surface area contributed by atoms with Crippen molar-refractivity contribution in [2.24, 2.45) is 0 Å². The molecule has 0 saturated heterocycles. The summed E-state index contributed by atoms with van der Waals surface area (Å²) in [7, 11) is 1.36. The number of methoxy groups -OCH3 is 1. The van der Waals surface area contributed by atoms with Gasteiger partial charge in [-0.25, -0.2) is 9.78 Å². The van der Waals surface area contributed by atoms with E-state index in [4.69, 9.17) is 4.74 Å². The lowest BCUT2D eigenvalue weighted by Crippen LogP contribution is -2.09. The number of anilines is 1. The third-order valence-electron chi connectivity index (χ3n) is 2.25. The van der Waals surface area contributed by atoms with Gasteiger partial charge < -0.3 is 10.1 Å². The van der Waals surface area contributed by atoms with Gasteiger partial charge in [0.2, 0.25) is 0 Å². The van der Waals surface area contributed by atoms with E-state index < -0.39 is 0 Å². The highest BCUT2D eigenvalue weighted by atomic mass is 32.1. The molecule has 0 amide bonds. The van der Waals surface area contributed by atoms with Gasteiger partial charge in [-0.2, -0.15) is 11.3 Å². The van der Waals surface area contributed by atoms with Crippen LogP contribution in [0.15, 0.2) is 35.2 Å². The number of aromatic nitrogens is 1. The van der Waals surface area contributed by atoms with Crippen LogP contribution in [0.4, 0.5) is 5.82 Å². The van der Waals surface area contributed by atoms with Gasteiger partial charge in [0.15, 0.2) is 0 Å². The van der Waals surface area contributed by atoms with E-state index in [9.17, 15) is 4.79 Å². The number of pyridine rings is 1. The fourth-order valence-corrected chi connectivity index (χ4v) is 2.07. The summed E-state index contributed by atoms with van der Waals surface area (Å²) in [6.45, 7) is 0.643. The van der Waals surface area contributed by atoms with E-state index in [-0.39, 0.29) is 5.97 Å². The van der Waals surface area contributed by atoms with Crippen LogP contribution in [0.3, 0.4) is 0 Å². The first-order chi connectivity index (χ1) is 8.31. The minimum absolute atomic E-state index is 0.383. The summed E-state index contributed by atoms with van der Waals surface area (Å²) in [6.07, 6.45) is 1.64. The number of esters is 1. The molecule has 5 heteroatoms. The molecular formula is C12H12N2O2S. The predicted octanol–water partition coefficient (Wildman–Crippen LogP) is 2.54. The molecule has 2 heterocycles. The number of rotatable bonds is 4. The highest BCUT2D eigenvalue weighted by Crippen LogP contribution is 2.14. The fraction of sp³-hybridized carbons (Fsp3) is 0.167. The third kappa shape index (κ3) is 2.82. The predicted molar refractivity (Wildman–Crippen MR) is 67.2 cm³/mol. The summed E-state index contributed by atoms with van der Waals surface area (Å²) < 4.78 is 4.70. The molecular weight excluding hydrogens is 236 g/mol. The highest BCUT2D eigenvalue weighted by molar-refractivity contribution is 7.07. The van der Waals surface area contributed by atoms with E-state index in [1.807, 2.05) is 16.8 Å². The van der Waals surface area contributed by atoms with E-state index in [0.29, 0.717) is 17.9 Å². The van der Waals surface area contributed by atoms with Gasteiger partial charge in [0.05, 0.1) is 7.11 Å². The van der Waals surface area contributed by atoms with Crippen molar-refractivity contribution >= 4 is 23.1 Å². The number of hydrogen-bond donors (Lipinski definition) is 1. The first-order valence-electron chi connectivity index (χ1n) is 5.09. The van der Waals surface area contributed by atoms with Gasteiger partial charge >= 0.3 is 5.97 Å². The summed E-state index contributed by atoms with van der Waals surface area (Å²) in [5.74, 6) is 0.163. The van der Waals surface area contributed by atoms with E-state index in [1.165, 1.54) is 7.11 Å². The summed E-state index contributed by atoms with van der Waals surface area (Å²) in [5, 5.41) is 7.19. The molecule has 2 aromatic rings. The van der Waals surface area contributed by atoms with Crippen LogP contribution in [0, 0.1) is 0 Å². The lowest BCUT2D eigenvalue weighted by molar-refractivity contribution is 0.0601. The molecule has 2 aromatic heterocycles. The highest BCUT2D eigenvalue weighted by Gasteiger charge is 2.11. The van der Waals surface area contributed by atoms with Crippen molar-refractivity contribution in [3.05, 3.63) is 46.3 Å². The topological polar surface area (TPSA) is 51.2 Å².